The van der Waals surface area contributed by atoms with Gasteiger partial charge in [0, 0.05) is 9.90 Å². The van der Waals surface area contributed by atoms with Gasteiger partial charge >= 0.3 is 0 Å². The van der Waals surface area contributed by atoms with Crippen LogP contribution in [0.15, 0.2) is 12.1 Å². The Morgan fingerprint density at radius 3 is 2.83 bits per heavy atom. The van der Waals surface area contributed by atoms with Crippen LogP contribution in [0.4, 0.5) is 5.13 Å². The van der Waals surface area contributed by atoms with Crippen LogP contribution in [0.3, 0.4) is 0 Å². The third-order valence-corrected chi connectivity index (χ3v) is 5.84. The number of hydrogen-bond acceptors (Lipinski definition) is 4. The Balaban J connectivity index is 1.58. The zero-order chi connectivity index (χ0) is 17.3. The van der Waals surface area contributed by atoms with Crippen LogP contribution in [0, 0.1) is 19.8 Å². The van der Waals surface area contributed by atoms with Gasteiger partial charge in [-0.3, -0.25) is 10.1 Å². The van der Waals surface area contributed by atoms with Gasteiger partial charge in [0.1, 0.15) is 5.75 Å². The van der Waals surface area contributed by atoms with Gasteiger partial charge < -0.3 is 4.74 Å². The molecule has 128 valence electrons. The van der Waals surface area contributed by atoms with E-state index in [1.165, 1.54) is 11.3 Å². The largest absolute Gasteiger partial charge is 0.484 e. The molecule has 6 heteroatoms. The van der Waals surface area contributed by atoms with Crippen LogP contribution in [-0.4, -0.2) is 17.5 Å². The van der Waals surface area contributed by atoms with Crippen molar-refractivity contribution < 1.29 is 9.53 Å². The van der Waals surface area contributed by atoms with Gasteiger partial charge in [-0.25, -0.2) is 4.98 Å². The molecule has 0 unspecified atom stereocenters. The summed E-state index contributed by atoms with van der Waals surface area (Å²) in [7, 11) is 0. The topological polar surface area (TPSA) is 51.2 Å². The highest BCUT2D eigenvalue weighted by Gasteiger charge is 2.20. The Hall–Kier alpha value is -1.59. The molecule has 1 atom stereocenters. The first kappa shape index (κ1) is 17.2. The third kappa shape index (κ3) is 3.90. The molecule has 1 aromatic heterocycles. The maximum atomic E-state index is 12.1. The van der Waals surface area contributed by atoms with Crippen molar-refractivity contribution in [1.29, 1.82) is 0 Å². The smallest absolute Gasteiger partial charge is 0.264 e. The fourth-order valence-electron chi connectivity index (χ4n) is 2.89. The number of aromatic nitrogens is 1. The van der Waals surface area contributed by atoms with Gasteiger partial charge in [-0.15, -0.1) is 11.3 Å². The lowest BCUT2D eigenvalue weighted by Crippen LogP contribution is -2.20. The van der Waals surface area contributed by atoms with Crippen LogP contribution >= 0.6 is 22.9 Å². The quantitative estimate of drug-likeness (QED) is 0.865. The van der Waals surface area contributed by atoms with E-state index in [0.29, 0.717) is 16.8 Å². The Labute approximate surface area is 151 Å². The molecule has 0 fully saturated rings. The monoisotopic (exact) mass is 364 g/mol. The van der Waals surface area contributed by atoms with Gasteiger partial charge in [-0.1, -0.05) is 18.5 Å². The molecule has 0 saturated carbocycles. The van der Waals surface area contributed by atoms with E-state index < -0.39 is 0 Å². The van der Waals surface area contributed by atoms with Crippen LogP contribution in [0.2, 0.25) is 5.02 Å². The fraction of sp³-hybridized carbons (Fsp3) is 0.444. The van der Waals surface area contributed by atoms with Crippen LogP contribution < -0.4 is 10.1 Å². The molecule has 1 aliphatic rings. The van der Waals surface area contributed by atoms with Gasteiger partial charge in [-0.2, -0.15) is 0 Å². The van der Waals surface area contributed by atoms with Gasteiger partial charge in [-0.05, 0) is 62.3 Å². The number of benzene rings is 1. The number of fused-ring (bicyclic) bond motifs is 1. The molecular formula is C18H21ClN2O2S. The number of halogens is 1. The van der Waals surface area contributed by atoms with E-state index in [1.54, 1.807) is 11.3 Å². The first-order chi connectivity index (χ1) is 11.4. The normalized spacial score (nSPS) is 16.6. The average molecular weight is 365 g/mol. The van der Waals surface area contributed by atoms with Crippen molar-refractivity contribution in [3.8, 4) is 5.75 Å². The molecule has 0 aliphatic heterocycles. The summed E-state index contributed by atoms with van der Waals surface area (Å²) in [5.74, 6) is 1.15. The number of carbonyl (C=O) groups is 1. The minimum atomic E-state index is -0.195. The number of ether oxygens (including phenoxy) is 1. The van der Waals surface area contributed by atoms with Crippen molar-refractivity contribution in [1.82, 2.24) is 4.98 Å². The number of rotatable bonds is 4. The van der Waals surface area contributed by atoms with Gasteiger partial charge in [0.15, 0.2) is 11.7 Å². The second kappa shape index (κ2) is 7.11. The molecule has 1 aromatic carbocycles. The molecule has 1 N–H and O–H groups in total. The summed E-state index contributed by atoms with van der Waals surface area (Å²) in [4.78, 5) is 17.9. The number of hydrogen-bond donors (Lipinski definition) is 1. The van der Waals surface area contributed by atoms with Crippen molar-refractivity contribution >= 4 is 34.0 Å². The van der Waals surface area contributed by atoms with E-state index in [0.717, 1.165) is 34.7 Å². The zero-order valence-electron chi connectivity index (χ0n) is 14.1. The van der Waals surface area contributed by atoms with Crippen molar-refractivity contribution in [2.75, 3.05) is 11.9 Å². The Kier molecular flexibility index (Phi) is 5.11. The molecule has 3 rings (SSSR count). The summed E-state index contributed by atoms with van der Waals surface area (Å²) in [6.45, 7) is 6.05. The molecule has 0 bridgehead atoms. The first-order valence-corrected chi connectivity index (χ1v) is 9.30. The van der Waals surface area contributed by atoms with Crippen LogP contribution in [0.1, 0.15) is 35.0 Å². The molecule has 0 spiro atoms. The van der Waals surface area contributed by atoms with Crippen LogP contribution in [0.5, 0.6) is 5.75 Å². The summed E-state index contributed by atoms with van der Waals surface area (Å²) in [5.41, 5.74) is 3.01. The van der Waals surface area contributed by atoms with E-state index >= 15 is 0 Å². The lowest BCUT2D eigenvalue weighted by atomic mass is 9.93. The second-order valence-corrected chi connectivity index (χ2v) is 7.91. The standard InChI is InChI=1S/C18H21ClN2O2S/c1-10-4-5-14-15(6-10)24-18(20-14)21-16(22)9-23-13-7-11(2)17(19)12(3)8-13/h7-8,10H,4-6,9H2,1-3H3,(H,20,21,22)/t10-/m0/s1. The van der Waals surface area contributed by atoms with Crippen molar-refractivity contribution in [2.24, 2.45) is 5.92 Å². The predicted octanol–water partition coefficient (Wildman–Crippen LogP) is 4.56. The summed E-state index contributed by atoms with van der Waals surface area (Å²) in [5, 5.41) is 4.25. The van der Waals surface area contributed by atoms with Gasteiger partial charge in [0.25, 0.3) is 5.91 Å². The van der Waals surface area contributed by atoms with Crippen molar-refractivity contribution in [3.05, 3.63) is 38.9 Å². The SMILES string of the molecule is Cc1cc(OCC(=O)Nc2nc3c(s2)C[C@@H](C)CC3)cc(C)c1Cl. The number of anilines is 1. The zero-order valence-corrected chi connectivity index (χ0v) is 15.7. The summed E-state index contributed by atoms with van der Waals surface area (Å²) < 4.78 is 5.58. The molecule has 1 heterocycles. The average Bonchev–Trinajstić information content (AvgIpc) is 2.91. The number of carbonyl (C=O) groups excluding carboxylic acids is 1. The molecule has 4 nitrogen and oxygen atoms in total. The third-order valence-electron chi connectivity index (χ3n) is 4.21. The minimum Gasteiger partial charge on any atom is -0.484 e. The number of amides is 1. The van der Waals surface area contributed by atoms with Crippen molar-refractivity contribution in [3.63, 3.8) is 0 Å². The Morgan fingerprint density at radius 1 is 1.42 bits per heavy atom. The van der Waals surface area contributed by atoms with Crippen molar-refractivity contribution in [2.45, 2.75) is 40.0 Å². The summed E-state index contributed by atoms with van der Waals surface area (Å²) in [6, 6.07) is 3.68. The number of nitrogens with zero attached hydrogens (tertiary/aromatic N) is 1. The minimum absolute atomic E-state index is 0.0405. The van der Waals surface area contributed by atoms with Crippen LogP contribution in [0.25, 0.3) is 0 Å². The number of aryl methyl sites for hydroxylation is 3. The molecule has 0 saturated heterocycles. The number of thiazole rings is 1. The molecule has 24 heavy (non-hydrogen) atoms. The first-order valence-electron chi connectivity index (χ1n) is 8.10. The van der Waals surface area contributed by atoms with E-state index in [1.807, 2.05) is 26.0 Å². The maximum Gasteiger partial charge on any atom is 0.264 e. The van der Waals surface area contributed by atoms with E-state index in [4.69, 9.17) is 16.3 Å². The van der Waals surface area contributed by atoms with E-state index in [-0.39, 0.29) is 12.5 Å². The highest BCUT2D eigenvalue weighted by Crippen LogP contribution is 2.32. The molecule has 1 amide bonds. The lowest BCUT2D eigenvalue weighted by molar-refractivity contribution is -0.118. The Bertz CT molecular complexity index is 749. The number of nitrogens with one attached hydrogen (secondary N) is 1. The molecule has 1 aliphatic carbocycles. The highest BCUT2D eigenvalue weighted by molar-refractivity contribution is 7.15. The van der Waals surface area contributed by atoms with Gasteiger partial charge in [0.2, 0.25) is 0 Å². The summed E-state index contributed by atoms with van der Waals surface area (Å²) >= 11 is 7.72. The molecule has 0 radical (unpaired) electrons. The second-order valence-electron chi connectivity index (χ2n) is 6.44. The predicted molar refractivity (Wildman–Crippen MR) is 98.4 cm³/mol. The summed E-state index contributed by atoms with van der Waals surface area (Å²) in [6.07, 6.45) is 3.23. The lowest BCUT2D eigenvalue weighted by Gasteiger charge is -2.15. The highest BCUT2D eigenvalue weighted by atomic mass is 35.5. The molecule has 2 aromatic rings. The van der Waals surface area contributed by atoms with Gasteiger partial charge in [0.05, 0.1) is 5.69 Å². The van der Waals surface area contributed by atoms with Crippen LogP contribution in [-0.2, 0) is 17.6 Å². The Morgan fingerprint density at radius 2 is 2.12 bits per heavy atom. The van der Waals surface area contributed by atoms with E-state index in [9.17, 15) is 4.79 Å². The van der Waals surface area contributed by atoms with E-state index in [2.05, 4.69) is 17.2 Å². The fourth-order valence-corrected chi connectivity index (χ4v) is 4.18. The molecular weight excluding hydrogens is 344 g/mol. The maximum absolute atomic E-state index is 12.1.